The van der Waals surface area contributed by atoms with Crippen molar-refractivity contribution >= 4 is 48.7 Å². The Hall–Kier alpha value is -3.45. The molecule has 3 heterocycles. The molecule has 4 aromatic rings. The lowest BCUT2D eigenvalue weighted by Gasteiger charge is -2.32. The van der Waals surface area contributed by atoms with Crippen molar-refractivity contribution in [2.45, 2.75) is 38.0 Å². The number of carboxylic acid groups (broad SMARTS) is 1. The zero-order chi connectivity index (χ0) is 27.7. The molecule has 0 bridgehead atoms. The normalized spacial score (nSPS) is 14.6. The number of hydrogen-bond acceptors (Lipinski definition) is 7. The number of nitrogens with zero attached hydrogens (tertiary/aromatic N) is 3. The van der Waals surface area contributed by atoms with Crippen LogP contribution in [0.2, 0.25) is 0 Å². The first-order valence-corrected chi connectivity index (χ1v) is 13.7. The average molecular weight is 623 g/mol. The highest BCUT2D eigenvalue weighted by Gasteiger charge is 2.30. The number of aliphatic carboxylic acids is 1. The van der Waals surface area contributed by atoms with Crippen LogP contribution in [-0.2, 0) is 17.4 Å². The van der Waals surface area contributed by atoms with Gasteiger partial charge in [-0.3, -0.25) is 9.59 Å². The maximum Gasteiger partial charge on any atom is 0.416 e. The fraction of sp³-hybridized carbons (Fsp3) is 0.308. The molecule has 1 fully saturated rings. The van der Waals surface area contributed by atoms with Crippen molar-refractivity contribution < 1.29 is 27.8 Å². The molecule has 0 spiro atoms. The fourth-order valence-electron chi connectivity index (χ4n) is 4.32. The first-order chi connectivity index (χ1) is 18.6. The van der Waals surface area contributed by atoms with E-state index in [1.807, 2.05) is 18.2 Å². The lowest BCUT2D eigenvalue weighted by atomic mass is 10.0. The van der Waals surface area contributed by atoms with E-state index in [-0.39, 0.29) is 24.5 Å². The fourth-order valence-corrected chi connectivity index (χ4v) is 5.61. The van der Waals surface area contributed by atoms with Gasteiger partial charge in [0.05, 0.1) is 16.5 Å². The van der Waals surface area contributed by atoms with Crippen LogP contribution in [0.25, 0.3) is 21.5 Å². The van der Waals surface area contributed by atoms with E-state index < -0.39 is 17.7 Å². The molecular weight excluding hydrogens is 601 g/mol. The number of carbonyl (C=O) groups is 1. The smallest absolute Gasteiger partial charge is 0.416 e. The molecule has 8 nitrogen and oxygen atoms in total. The largest absolute Gasteiger partial charge is 0.489 e. The molecular formula is C26H22BrF3N4O4S. The number of anilines is 1. The van der Waals surface area contributed by atoms with Gasteiger partial charge in [0, 0.05) is 32.4 Å². The third-order valence-electron chi connectivity index (χ3n) is 6.36. The molecule has 5 rings (SSSR count). The summed E-state index contributed by atoms with van der Waals surface area (Å²) in [4.78, 5) is 36.8. The third kappa shape index (κ3) is 6.25. The summed E-state index contributed by atoms with van der Waals surface area (Å²) in [6.07, 6.45) is -3.10. The maximum atomic E-state index is 12.9. The third-order valence-corrected chi connectivity index (χ3v) is 8.12. The van der Waals surface area contributed by atoms with E-state index in [0.29, 0.717) is 58.5 Å². The van der Waals surface area contributed by atoms with Crippen molar-refractivity contribution in [1.82, 2.24) is 15.0 Å². The maximum absolute atomic E-state index is 12.9. The number of thiazole rings is 1. The number of nitrogens with one attached hydrogen (secondary N) is 1. The number of benzene rings is 2. The summed E-state index contributed by atoms with van der Waals surface area (Å²) in [5, 5.41) is 9.54. The molecule has 1 aliphatic rings. The summed E-state index contributed by atoms with van der Waals surface area (Å²) < 4.78 is 46.1. The quantitative estimate of drug-likeness (QED) is 0.264. The number of piperidine rings is 1. The zero-order valence-corrected chi connectivity index (χ0v) is 22.7. The Kier molecular flexibility index (Phi) is 7.63. The number of aromatic nitrogens is 3. The number of carboxylic acids is 1. The number of H-pyrrole nitrogens is 1. The molecule has 2 aromatic carbocycles. The lowest BCUT2D eigenvalue weighted by Crippen LogP contribution is -2.38. The van der Waals surface area contributed by atoms with E-state index in [0.717, 1.165) is 22.2 Å². The van der Waals surface area contributed by atoms with Gasteiger partial charge in [-0.15, -0.1) is 0 Å². The highest BCUT2D eigenvalue weighted by atomic mass is 79.9. The molecule has 2 N–H and O–H groups in total. The molecule has 0 amide bonds. The summed E-state index contributed by atoms with van der Waals surface area (Å²) in [5.41, 5.74) is 0.676. The van der Waals surface area contributed by atoms with Gasteiger partial charge in [-0.1, -0.05) is 29.5 Å². The van der Waals surface area contributed by atoms with Gasteiger partial charge in [-0.2, -0.15) is 18.2 Å². The van der Waals surface area contributed by atoms with Crippen molar-refractivity contribution in [1.29, 1.82) is 0 Å². The van der Waals surface area contributed by atoms with E-state index in [1.165, 1.54) is 23.5 Å². The topological polar surface area (TPSA) is 108 Å². The van der Waals surface area contributed by atoms with E-state index in [1.54, 1.807) is 0 Å². The zero-order valence-electron chi connectivity index (χ0n) is 20.3. The van der Waals surface area contributed by atoms with Crippen molar-refractivity contribution in [2.24, 2.45) is 0 Å². The number of halogens is 4. The van der Waals surface area contributed by atoms with Gasteiger partial charge in [0.1, 0.15) is 22.4 Å². The monoisotopic (exact) mass is 622 g/mol. The highest BCUT2D eigenvalue weighted by molar-refractivity contribution is 9.10. The molecule has 0 aliphatic carbocycles. The second-order valence-electron chi connectivity index (χ2n) is 9.08. The predicted molar refractivity (Wildman–Crippen MR) is 144 cm³/mol. The molecule has 39 heavy (non-hydrogen) atoms. The van der Waals surface area contributed by atoms with Crippen LogP contribution in [-0.4, -0.2) is 45.2 Å². The van der Waals surface area contributed by atoms with Crippen LogP contribution in [0.1, 0.15) is 30.7 Å². The van der Waals surface area contributed by atoms with Gasteiger partial charge in [0.15, 0.2) is 10.8 Å². The van der Waals surface area contributed by atoms with Crippen LogP contribution in [0.5, 0.6) is 5.75 Å². The van der Waals surface area contributed by atoms with Crippen molar-refractivity contribution in [3.8, 4) is 16.9 Å². The number of aromatic amines is 1. The number of rotatable bonds is 7. The summed E-state index contributed by atoms with van der Waals surface area (Å²) in [6.45, 7) is 1.29. The molecule has 0 radical (unpaired) electrons. The number of hydrogen-bond donors (Lipinski definition) is 2. The molecule has 13 heteroatoms. The first-order valence-electron chi connectivity index (χ1n) is 12.1. The minimum atomic E-state index is -4.39. The molecule has 1 saturated heterocycles. The molecule has 0 unspecified atom stereocenters. The Labute approximate surface area is 232 Å². The Balaban J connectivity index is 1.25. The molecule has 1 aliphatic heterocycles. The minimum absolute atomic E-state index is 0.0843. The van der Waals surface area contributed by atoms with Gasteiger partial charge >= 0.3 is 12.1 Å². The Bertz CT molecular complexity index is 1560. The Morgan fingerprint density at radius 1 is 1.13 bits per heavy atom. The van der Waals surface area contributed by atoms with Crippen molar-refractivity contribution in [3.63, 3.8) is 0 Å². The molecule has 2 aromatic heterocycles. The second-order valence-corrected chi connectivity index (χ2v) is 10.9. The van der Waals surface area contributed by atoms with E-state index in [2.05, 4.69) is 35.8 Å². The Morgan fingerprint density at radius 2 is 1.82 bits per heavy atom. The minimum Gasteiger partial charge on any atom is -0.489 e. The van der Waals surface area contributed by atoms with Crippen LogP contribution in [0.15, 0.2) is 51.7 Å². The summed E-state index contributed by atoms with van der Waals surface area (Å²) in [7, 11) is 0. The predicted octanol–water partition coefficient (Wildman–Crippen LogP) is 5.89. The lowest BCUT2D eigenvalue weighted by molar-refractivity contribution is -0.138. The highest BCUT2D eigenvalue weighted by Crippen LogP contribution is 2.35. The van der Waals surface area contributed by atoms with Gasteiger partial charge < -0.3 is 19.7 Å². The summed E-state index contributed by atoms with van der Waals surface area (Å²) in [6, 6.07) is 10.5. The van der Waals surface area contributed by atoms with Crippen molar-refractivity contribution in [3.05, 3.63) is 68.7 Å². The molecule has 204 valence electrons. The van der Waals surface area contributed by atoms with Crippen LogP contribution < -0.4 is 15.2 Å². The Morgan fingerprint density at radius 3 is 2.49 bits per heavy atom. The van der Waals surface area contributed by atoms with E-state index in [4.69, 9.17) is 9.84 Å². The van der Waals surface area contributed by atoms with Gasteiger partial charge in [0.25, 0.3) is 5.56 Å². The average Bonchev–Trinajstić information content (AvgIpc) is 3.34. The number of ether oxygens (including phenoxy) is 1. The SMILES string of the molecule is O=C(O)CCc1nc2nc(N3CCC(Oc4cc(-c5ccc(C(F)(F)F)cc5)ccc4Br)CC3)sc2c(=O)[nH]1. The van der Waals surface area contributed by atoms with Gasteiger partial charge in [0.2, 0.25) is 0 Å². The van der Waals surface area contributed by atoms with E-state index >= 15 is 0 Å². The molecule has 0 saturated carbocycles. The second kappa shape index (κ2) is 11.0. The van der Waals surface area contributed by atoms with Gasteiger partial charge in [-0.25, -0.2) is 4.98 Å². The molecule has 0 atom stereocenters. The number of alkyl halides is 3. The number of aryl methyl sites for hydroxylation is 1. The number of fused-ring (bicyclic) bond motifs is 1. The van der Waals surface area contributed by atoms with Crippen LogP contribution in [0.3, 0.4) is 0 Å². The standard InChI is InChI=1S/C26H22BrF3N4O4S/c27-18-6-3-15(14-1-4-16(5-2-14)26(28,29)30)13-19(18)38-17-9-11-34(12-10-17)25-33-23-22(39-25)24(37)32-20(31-23)7-8-21(35)36/h1-6,13,17H,7-12H2,(H,35,36)(H,31,32,37). The van der Waals surface area contributed by atoms with E-state index in [9.17, 15) is 22.8 Å². The van der Waals surface area contributed by atoms with Crippen molar-refractivity contribution in [2.75, 3.05) is 18.0 Å². The summed E-state index contributed by atoms with van der Waals surface area (Å²) >= 11 is 4.75. The van der Waals surface area contributed by atoms with Crippen LogP contribution in [0.4, 0.5) is 18.3 Å². The summed E-state index contributed by atoms with van der Waals surface area (Å²) in [5.74, 6) is -0.0708. The van der Waals surface area contributed by atoms with Crippen LogP contribution in [0, 0.1) is 0 Å². The van der Waals surface area contributed by atoms with Crippen LogP contribution >= 0.6 is 27.3 Å². The first kappa shape index (κ1) is 27.1. The van der Waals surface area contributed by atoms with Gasteiger partial charge in [-0.05, 0) is 51.3 Å².